The van der Waals surface area contributed by atoms with Crippen LogP contribution in [0, 0.1) is 0 Å². The summed E-state index contributed by atoms with van der Waals surface area (Å²) >= 11 is 0. The molecule has 0 unspecified atom stereocenters. The zero-order chi connectivity index (χ0) is 22.6. The molecule has 5 heteroatoms. The molecule has 4 atom stereocenters. The number of hydrogen-bond acceptors (Lipinski definition) is 5. The van der Waals surface area contributed by atoms with Crippen LogP contribution in [0.25, 0.3) is 0 Å². The summed E-state index contributed by atoms with van der Waals surface area (Å²) in [6.45, 7) is 3.10. The van der Waals surface area contributed by atoms with Crippen LogP contribution in [0.2, 0.25) is 0 Å². The highest BCUT2D eigenvalue weighted by molar-refractivity contribution is 4.87. The standard InChI is InChI=1S/C26H50O5/c1-2-3-4-5-6-7-8-9-10-11-12-13-14-15-16-17-18-19-20-30-21-24(28)26-25(29)23(27)22-31-26/h9-10,23-29H,2-8,11-22H2,1H3/b10-9+/t23-,24+,25-,26-/m0/s1. The average Bonchev–Trinajstić information content (AvgIpc) is 3.10. The van der Waals surface area contributed by atoms with Crippen LogP contribution in [0.4, 0.5) is 0 Å². The van der Waals surface area contributed by atoms with Gasteiger partial charge in [0.05, 0.1) is 13.2 Å². The van der Waals surface area contributed by atoms with E-state index in [4.69, 9.17) is 9.47 Å². The Morgan fingerprint density at radius 1 is 0.806 bits per heavy atom. The second-order valence-electron chi connectivity index (χ2n) is 9.14. The van der Waals surface area contributed by atoms with Gasteiger partial charge >= 0.3 is 0 Å². The Kier molecular flexibility index (Phi) is 18.6. The van der Waals surface area contributed by atoms with E-state index in [1.165, 1.54) is 89.9 Å². The van der Waals surface area contributed by atoms with E-state index in [0.717, 1.165) is 12.8 Å². The lowest BCUT2D eigenvalue weighted by molar-refractivity contribution is -0.0813. The summed E-state index contributed by atoms with van der Waals surface area (Å²) < 4.78 is 10.7. The van der Waals surface area contributed by atoms with Crippen molar-refractivity contribution in [3.05, 3.63) is 12.2 Å². The molecule has 0 aromatic heterocycles. The molecule has 184 valence electrons. The Hall–Kier alpha value is -0.460. The van der Waals surface area contributed by atoms with Crippen molar-refractivity contribution in [1.82, 2.24) is 0 Å². The van der Waals surface area contributed by atoms with Crippen LogP contribution in [0.5, 0.6) is 0 Å². The van der Waals surface area contributed by atoms with Crippen LogP contribution >= 0.6 is 0 Å². The smallest absolute Gasteiger partial charge is 0.114 e. The number of hydrogen-bond donors (Lipinski definition) is 3. The molecule has 0 aliphatic carbocycles. The van der Waals surface area contributed by atoms with Gasteiger partial charge in [-0.3, -0.25) is 0 Å². The Morgan fingerprint density at radius 2 is 1.32 bits per heavy atom. The van der Waals surface area contributed by atoms with Crippen molar-refractivity contribution < 1.29 is 24.8 Å². The maximum absolute atomic E-state index is 9.96. The maximum atomic E-state index is 9.96. The van der Waals surface area contributed by atoms with Crippen molar-refractivity contribution in [2.24, 2.45) is 0 Å². The second kappa shape index (κ2) is 20.2. The fraction of sp³-hybridized carbons (Fsp3) is 0.923. The highest BCUT2D eigenvalue weighted by Crippen LogP contribution is 2.18. The molecule has 0 spiro atoms. The van der Waals surface area contributed by atoms with E-state index in [9.17, 15) is 15.3 Å². The largest absolute Gasteiger partial charge is 0.388 e. The first-order valence-electron chi connectivity index (χ1n) is 13.0. The molecule has 3 N–H and O–H groups in total. The summed E-state index contributed by atoms with van der Waals surface area (Å²) in [4.78, 5) is 0. The lowest BCUT2D eigenvalue weighted by Crippen LogP contribution is -2.40. The van der Waals surface area contributed by atoms with Gasteiger partial charge in [0, 0.05) is 6.61 Å². The number of rotatable bonds is 21. The van der Waals surface area contributed by atoms with Gasteiger partial charge in [0.2, 0.25) is 0 Å². The number of allylic oxidation sites excluding steroid dienone is 2. The summed E-state index contributed by atoms with van der Waals surface area (Å²) in [5.74, 6) is 0. The predicted octanol–water partition coefficient (Wildman–Crippen LogP) is 5.30. The Labute approximate surface area is 191 Å². The SMILES string of the molecule is CCCCCCCC/C=C/CCCCCCCCCCOC[C@@H](O)[C@@H]1OC[C@H](O)[C@@H]1O. The Bertz CT molecular complexity index is 415. The molecule has 0 amide bonds. The first-order valence-corrected chi connectivity index (χ1v) is 13.0. The summed E-state index contributed by atoms with van der Waals surface area (Å²) in [6.07, 6.45) is 22.0. The summed E-state index contributed by atoms with van der Waals surface area (Å²) in [7, 11) is 0. The van der Waals surface area contributed by atoms with Gasteiger partial charge in [-0.1, -0.05) is 89.7 Å². The number of unbranched alkanes of at least 4 members (excludes halogenated alkanes) is 14. The molecule has 0 aromatic rings. The Balaban J connectivity index is 1.76. The lowest BCUT2D eigenvalue weighted by Gasteiger charge is -2.20. The van der Waals surface area contributed by atoms with E-state index < -0.39 is 24.4 Å². The minimum absolute atomic E-state index is 0.0683. The van der Waals surface area contributed by atoms with Crippen LogP contribution in [0.3, 0.4) is 0 Å². The van der Waals surface area contributed by atoms with Gasteiger partial charge in [-0.05, 0) is 32.1 Å². The van der Waals surface area contributed by atoms with Crippen molar-refractivity contribution in [1.29, 1.82) is 0 Å². The van der Waals surface area contributed by atoms with Crippen molar-refractivity contribution in [2.75, 3.05) is 19.8 Å². The molecule has 1 saturated heterocycles. The highest BCUT2D eigenvalue weighted by atomic mass is 16.5. The van der Waals surface area contributed by atoms with Crippen LogP contribution in [0.1, 0.15) is 110 Å². The van der Waals surface area contributed by atoms with E-state index in [2.05, 4.69) is 19.1 Å². The summed E-state index contributed by atoms with van der Waals surface area (Å²) in [5.41, 5.74) is 0. The van der Waals surface area contributed by atoms with Crippen molar-refractivity contribution in [3.8, 4) is 0 Å². The predicted molar refractivity (Wildman–Crippen MR) is 127 cm³/mol. The van der Waals surface area contributed by atoms with Crippen LogP contribution in [0.15, 0.2) is 12.2 Å². The lowest BCUT2D eigenvalue weighted by atomic mass is 10.1. The monoisotopic (exact) mass is 442 g/mol. The molecule has 0 saturated carbocycles. The van der Waals surface area contributed by atoms with Crippen LogP contribution in [-0.4, -0.2) is 59.6 Å². The van der Waals surface area contributed by atoms with Crippen LogP contribution < -0.4 is 0 Å². The topological polar surface area (TPSA) is 79.2 Å². The molecule has 31 heavy (non-hydrogen) atoms. The molecule has 1 heterocycles. The van der Waals surface area contributed by atoms with E-state index in [1.807, 2.05) is 0 Å². The van der Waals surface area contributed by atoms with E-state index in [-0.39, 0.29) is 13.2 Å². The van der Waals surface area contributed by atoms with E-state index >= 15 is 0 Å². The third-order valence-electron chi connectivity index (χ3n) is 6.16. The normalized spacial score (nSPS) is 22.5. The first-order chi connectivity index (χ1) is 15.2. The first kappa shape index (κ1) is 28.6. The Morgan fingerprint density at radius 3 is 1.84 bits per heavy atom. The van der Waals surface area contributed by atoms with Crippen molar-refractivity contribution in [3.63, 3.8) is 0 Å². The van der Waals surface area contributed by atoms with Gasteiger partial charge in [-0.25, -0.2) is 0 Å². The third kappa shape index (κ3) is 15.1. The van der Waals surface area contributed by atoms with Gasteiger partial charge in [-0.15, -0.1) is 0 Å². The fourth-order valence-electron chi connectivity index (χ4n) is 4.07. The molecule has 0 bridgehead atoms. The third-order valence-corrected chi connectivity index (χ3v) is 6.16. The second-order valence-corrected chi connectivity index (χ2v) is 9.14. The van der Waals surface area contributed by atoms with Crippen molar-refractivity contribution in [2.45, 2.75) is 134 Å². The average molecular weight is 443 g/mol. The quantitative estimate of drug-likeness (QED) is 0.166. The van der Waals surface area contributed by atoms with Gasteiger partial charge < -0.3 is 24.8 Å². The summed E-state index contributed by atoms with van der Waals surface area (Å²) in [6, 6.07) is 0. The molecule has 0 radical (unpaired) electrons. The maximum Gasteiger partial charge on any atom is 0.114 e. The highest BCUT2D eigenvalue weighted by Gasteiger charge is 2.39. The van der Waals surface area contributed by atoms with Crippen LogP contribution in [-0.2, 0) is 9.47 Å². The van der Waals surface area contributed by atoms with Crippen molar-refractivity contribution >= 4 is 0 Å². The zero-order valence-corrected chi connectivity index (χ0v) is 20.1. The number of ether oxygens (including phenoxy) is 2. The van der Waals surface area contributed by atoms with Gasteiger partial charge in [0.1, 0.15) is 24.4 Å². The zero-order valence-electron chi connectivity index (χ0n) is 20.1. The van der Waals surface area contributed by atoms with E-state index in [0.29, 0.717) is 6.61 Å². The molecule has 1 aliphatic heterocycles. The molecule has 1 rings (SSSR count). The molecule has 1 fully saturated rings. The molecule has 0 aromatic carbocycles. The fourth-order valence-corrected chi connectivity index (χ4v) is 4.07. The minimum atomic E-state index is -1.03. The molecule has 5 nitrogen and oxygen atoms in total. The summed E-state index contributed by atoms with van der Waals surface area (Å²) in [5, 5.41) is 29.1. The molecular formula is C26H50O5. The number of aliphatic hydroxyl groups is 3. The van der Waals surface area contributed by atoms with Gasteiger partial charge in [0.25, 0.3) is 0 Å². The van der Waals surface area contributed by atoms with E-state index in [1.54, 1.807) is 0 Å². The van der Waals surface area contributed by atoms with Gasteiger partial charge in [0.15, 0.2) is 0 Å². The minimum Gasteiger partial charge on any atom is -0.388 e. The molecular weight excluding hydrogens is 392 g/mol. The number of aliphatic hydroxyl groups excluding tert-OH is 3. The molecule has 1 aliphatic rings. The van der Waals surface area contributed by atoms with Gasteiger partial charge in [-0.2, -0.15) is 0 Å².